The molecule has 0 radical (unpaired) electrons. The number of nitriles is 1. The van der Waals surface area contributed by atoms with Crippen molar-refractivity contribution in [2.24, 2.45) is 0 Å². The zero-order chi connectivity index (χ0) is 17.1. The molecular formula is C18H20N4O2. The number of carbonyl (C=O) groups excluding carboxylic acids is 1. The number of aryl methyl sites for hydroxylation is 2. The van der Waals surface area contributed by atoms with E-state index in [1.165, 1.54) is 0 Å². The van der Waals surface area contributed by atoms with Crippen molar-refractivity contribution in [1.82, 2.24) is 15.4 Å². The number of hydrogen-bond acceptors (Lipinski definition) is 5. The van der Waals surface area contributed by atoms with Crippen LogP contribution in [0.1, 0.15) is 39.4 Å². The molecule has 1 atom stereocenters. The highest BCUT2D eigenvalue weighted by Crippen LogP contribution is 2.19. The predicted octanol–water partition coefficient (Wildman–Crippen LogP) is 2.17. The van der Waals surface area contributed by atoms with Crippen LogP contribution in [0.4, 0.5) is 0 Å². The number of nitrogens with zero attached hydrogens (tertiary/aromatic N) is 3. The largest absolute Gasteiger partial charge is 0.361 e. The van der Waals surface area contributed by atoms with Crippen LogP contribution >= 0.6 is 0 Å². The summed E-state index contributed by atoms with van der Waals surface area (Å²) in [7, 11) is 0. The molecular weight excluding hydrogens is 304 g/mol. The topological polar surface area (TPSA) is 82.2 Å². The maximum atomic E-state index is 12.3. The molecule has 2 heterocycles. The van der Waals surface area contributed by atoms with Gasteiger partial charge in [-0.1, -0.05) is 5.16 Å². The Morgan fingerprint density at radius 2 is 2.17 bits per heavy atom. The molecule has 0 bridgehead atoms. The van der Waals surface area contributed by atoms with Crippen LogP contribution in [0.25, 0.3) is 0 Å². The van der Waals surface area contributed by atoms with Crippen molar-refractivity contribution >= 4 is 5.91 Å². The number of likely N-dealkylation sites (tertiary alicyclic amines) is 1. The van der Waals surface area contributed by atoms with Gasteiger partial charge in [-0.05, 0) is 44.5 Å². The van der Waals surface area contributed by atoms with Gasteiger partial charge in [-0.2, -0.15) is 5.26 Å². The number of benzene rings is 1. The average Bonchev–Trinajstić information content (AvgIpc) is 3.16. The molecule has 1 aromatic carbocycles. The van der Waals surface area contributed by atoms with Gasteiger partial charge in [-0.3, -0.25) is 9.69 Å². The summed E-state index contributed by atoms with van der Waals surface area (Å²) in [4.78, 5) is 14.6. The molecule has 1 aliphatic rings. The average molecular weight is 324 g/mol. The van der Waals surface area contributed by atoms with Gasteiger partial charge < -0.3 is 9.84 Å². The maximum absolute atomic E-state index is 12.3. The van der Waals surface area contributed by atoms with Crippen LogP contribution in [0.15, 0.2) is 28.8 Å². The van der Waals surface area contributed by atoms with Crippen LogP contribution in [0.2, 0.25) is 0 Å². The van der Waals surface area contributed by atoms with Gasteiger partial charge in [0.1, 0.15) is 5.76 Å². The molecule has 24 heavy (non-hydrogen) atoms. The monoisotopic (exact) mass is 324 g/mol. The lowest BCUT2D eigenvalue weighted by atomic mass is 10.1. The van der Waals surface area contributed by atoms with Gasteiger partial charge in [-0.15, -0.1) is 0 Å². The predicted molar refractivity (Wildman–Crippen MR) is 88.3 cm³/mol. The van der Waals surface area contributed by atoms with Crippen molar-refractivity contribution in [2.45, 2.75) is 32.9 Å². The second-order valence-electron chi connectivity index (χ2n) is 6.19. The fourth-order valence-corrected chi connectivity index (χ4v) is 3.01. The Bertz CT molecular complexity index is 754. The van der Waals surface area contributed by atoms with E-state index in [2.05, 4.69) is 21.4 Å². The number of nitrogens with one attached hydrogen (secondary N) is 1. The van der Waals surface area contributed by atoms with Crippen molar-refractivity contribution < 1.29 is 9.32 Å². The van der Waals surface area contributed by atoms with E-state index in [0.29, 0.717) is 11.1 Å². The van der Waals surface area contributed by atoms with Gasteiger partial charge in [0.15, 0.2) is 0 Å². The first kappa shape index (κ1) is 16.2. The minimum Gasteiger partial charge on any atom is -0.361 e. The molecule has 1 fully saturated rings. The molecule has 1 N–H and O–H groups in total. The Morgan fingerprint density at radius 1 is 1.42 bits per heavy atom. The maximum Gasteiger partial charge on any atom is 0.251 e. The van der Waals surface area contributed by atoms with Crippen molar-refractivity contribution in [3.05, 3.63) is 52.4 Å². The number of amides is 1. The summed E-state index contributed by atoms with van der Waals surface area (Å²) in [6.07, 6.45) is 0.922. The molecule has 2 aromatic rings. The molecule has 6 heteroatoms. The van der Waals surface area contributed by atoms with E-state index in [1.807, 2.05) is 13.8 Å². The molecule has 0 saturated carbocycles. The summed E-state index contributed by atoms with van der Waals surface area (Å²) < 4.78 is 5.20. The molecule has 6 nitrogen and oxygen atoms in total. The van der Waals surface area contributed by atoms with Crippen LogP contribution in [-0.4, -0.2) is 35.1 Å². The van der Waals surface area contributed by atoms with Crippen LogP contribution in [0.3, 0.4) is 0 Å². The zero-order valence-electron chi connectivity index (χ0n) is 13.9. The minimum absolute atomic E-state index is 0.0938. The van der Waals surface area contributed by atoms with Gasteiger partial charge in [0.2, 0.25) is 0 Å². The molecule has 3 rings (SSSR count). The summed E-state index contributed by atoms with van der Waals surface area (Å²) in [5.41, 5.74) is 3.20. The number of hydrogen-bond donors (Lipinski definition) is 1. The summed E-state index contributed by atoms with van der Waals surface area (Å²) in [6, 6.07) is 8.87. The Morgan fingerprint density at radius 3 is 2.79 bits per heavy atom. The van der Waals surface area contributed by atoms with Crippen molar-refractivity contribution in [3.63, 3.8) is 0 Å². The van der Waals surface area contributed by atoms with Gasteiger partial charge in [0, 0.05) is 36.8 Å². The summed E-state index contributed by atoms with van der Waals surface area (Å²) in [5.74, 6) is 0.765. The molecule has 1 aliphatic heterocycles. The third kappa shape index (κ3) is 3.47. The molecule has 0 unspecified atom stereocenters. The second-order valence-corrected chi connectivity index (χ2v) is 6.19. The third-order valence-corrected chi connectivity index (χ3v) is 4.45. The molecule has 0 aliphatic carbocycles. The fraction of sp³-hybridized carbons (Fsp3) is 0.389. The van der Waals surface area contributed by atoms with Crippen LogP contribution in [0, 0.1) is 25.2 Å². The number of aromatic nitrogens is 1. The van der Waals surface area contributed by atoms with E-state index in [9.17, 15) is 4.79 Å². The summed E-state index contributed by atoms with van der Waals surface area (Å²) in [6.45, 7) is 6.42. The van der Waals surface area contributed by atoms with Crippen LogP contribution < -0.4 is 5.32 Å². The van der Waals surface area contributed by atoms with Gasteiger partial charge in [0.05, 0.1) is 17.3 Å². The highest BCUT2D eigenvalue weighted by molar-refractivity contribution is 5.94. The van der Waals surface area contributed by atoms with E-state index in [0.717, 1.165) is 43.1 Å². The van der Waals surface area contributed by atoms with E-state index < -0.39 is 0 Å². The summed E-state index contributed by atoms with van der Waals surface area (Å²) >= 11 is 0. The minimum atomic E-state index is -0.0938. The quantitative estimate of drug-likeness (QED) is 0.932. The lowest BCUT2D eigenvalue weighted by Gasteiger charge is -2.16. The second kappa shape index (κ2) is 6.85. The van der Waals surface area contributed by atoms with Gasteiger partial charge in [-0.25, -0.2) is 0 Å². The highest BCUT2D eigenvalue weighted by Gasteiger charge is 2.25. The molecule has 0 spiro atoms. The Hall–Kier alpha value is -2.65. The first-order chi connectivity index (χ1) is 11.6. The summed E-state index contributed by atoms with van der Waals surface area (Å²) in [5, 5.41) is 15.9. The Kier molecular flexibility index (Phi) is 4.63. The number of rotatable bonds is 4. The van der Waals surface area contributed by atoms with E-state index in [1.54, 1.807) is 24.3 Å². The fourth-order valence-electron chi connectivity index (χ4n) is 3.01. The Labute approximate surface area is 141 Å². The normalized spacial score (nSPS) is 17.6. The molecule has 124 valence electrons. The standard InChI is InChI=1S/C18H20N4O2/c1-12-17(13(2)24-21-12)11-22-8-7-16(10-22)20-18(23)15-5-3-14(9-19)4-6-15/h3-6,16H,7-8,10-11H2,1-2H3,(H,20,23)/t16-/m1/s1. The van der Waals surface area contributed by atoms with Crippen LogP contribution in [-0.2, 0) is 6.54 Å². The first-order valence-corrected chi connectivity index (χ1v) is 8.02. The lowest BCUT2D eigenvalue weighted by Crippen LogP contribution is -2.37. The molecule has 1 aromatic heterocycles. The van der Waals surface area contributed by atoms with Crippen LogP contribution in [0.5, 0.6) is 0 Å². The van der Waals surface area contributed by atoms with Gasteiger partial charge >= 0.3 is 0 Å². The zero-order valence-corrected chi connectivity index (χ0v) is 13.9. The SMILES string of the molecule is Cc1noc(C)c1CN1CC[C@@H](NC(=O)c2ccc(C#N)cc2)C1. The highest BCUT2D eigenvalue weighted by atomic mass is 16.5. The number of carbonyl (C=O) groups is 1. The van der Waals surface area contributed by atoms with Crippen molar-refractivity contribution in [1.29, 1.82) is 5.26 Å². The Balaban J connectivity index is 1.56. The van der Waals surface area contributed by atoms with Crippen molar-refractivity contribution in [3.8, 4) is 6.07 Å². The molecule has 1 saturated heterocycles. The van der Waals surface area contributed by atoms with E-state index in [4.69, 9.17) is 9.78 Å². The van der Waals surface area contributed by atoms with Gasteiger partial charge in [0.25, 0.3) is 5.91 Å². The third-order valence-electron chi connectivity index (χ3n) is 4.45. The van der Waals surface area contributed by atoms with E-state index >= 15 is 0 Å². The first-order valence-electron chi connectivity index (χ1n) is 8.02. The van der Waals surface area contributed by atoms with E-state index in [-0.39, 0.29) is 11.9 Å². The lowest BCUT2D eigenvalue weighted by molar-refractivity contribution is 0.0937. The van der Waals surface area contributed by atoms with Crippen molar-refractivity contribution in [2.75, 3.05) is 13.1 Å². The smallest absolute Gasteiger partial charge is 0.251 e. The molecule has 1 amide bonds.